The molecule has 2 rings (SSSR count). The van der Waals surface area contributed by atoms with Gasteiger partial charge in [0.1, 0.15) is 5.82 Å². The van der Waals surface area contributed by atoms with Gasteiger partial charge < -0.3 is 5.32 Å². The molecule has 2 aromatic rings. The number of halogens is 1. The molecule has 1 N–H and O–H groups in total. The van der Waals surface area contributed by atoms with Crippen LogP contribution in [0.3, 0.4) is 0 Å². The van der Waals surface area contributed by atoms with E-state index in [-0.39, 0.29) is 18.3 Å². The fourth-order valence-electron chi connectivity index (χ4n) is 1.40. The van der Waals surface area contributed by atoms with Crippen molar-refractivity contribution >= 4 is 5.91 Å². The predicted octanol–water partition coefficient (Wildman–Crippen LogP) is 2.00. The Morgan fingerprint density at radius 2 is 2.05 bits per heavy atom. The number of rotatable bonds is 2. The number of benzene rings is 1. The van der Waals surface area contributed by atoms with Gasteiger partial charge in [-0.2, -0.15) is 0 Å². The van der Waals surface area contributed by atoms with Crippen LogP contribution in [0.15, 0.2) is 48.8 Å². The maximum atomic E-state index is 12.7. The van der Waals surface area contributed by atoms with E-state index in [2.05, 4.69) is 22.1 Å². The number of aromatic nitrogens is 1. The number of hydrogen-bond acceptors (Lipinski definition) is 2. The molecule has 0 bridgehead atoms. The van der Waals surface area contributed by atoms with E-state index in [4.69, 9.17) is 0 Å². The number of amides is 1. The largest absolute Gasteiger partial charge is 0.341 e. The van der Waals surface area contributed by atoms with E-state index >= 15 is 0 Å². The van der Waals surface area contributed by atoms with Crippen LogP contribution in [0, 0.1) is 17.7 Å². The number of nitrogens with one attached hydrogen (secondary N) is 1. The SMILES string of the molecule is O=C(NCC#Cc1ccc(F)cc1)c1cccnc1. The second kappa shape index (κ2) is 6.31. The molecule has 0 saturated carbocycles. The van der Waals surface area contributed by atoms with E-state index in [0.717, 1.165) is 0 Å². The standard InChI is InChI=1S/C15H11FN2O/c16-14-7-5-12(6-8-14)3-1-10-18-15(19)13-4-2-9-17-11-13/h2,4-9,11H,10H2,(H,18,19). The summed E-state index contributed by atoms with van der Waals surface area (Å²) in [6, 6.07) is 9.24. The second-order valence-corrected chi connectivity index (χ2v) is 3.73. The van der Waals surface area contributed by atoms with Crippen LogP contribution in [0.2, 0.25) is 0 Å². The number of nitrogens with zero attached hydrogens (tertiary/aromatic N) is 1. The maximum Gasteiger partial charge on any atom is 0.253 e. The average molecular weight is 254 g/mol. The second-order valence-electron chi connectivity index (χ2n) is 3.73. The molecule has 0 aliphatic heterocycles. The molecular weight excluding hydrogens is 243 g/mol. The molecule has 94 valence electrons. The van der Waals surface area contributed by atoms with Crippen LogP contribution >= 0.6 is 0 Å². The highest BCUT2D eigenvalue weighted by atomic mass is 19.1. The van der Waals surface area contributed by atoms with Gasteiger partial charge in [0, 0.05) is 18.0 Å². The monoisotopic (exact) mass is 254 g/mol. The van der Waals surface area contributed by atoms with Gasteiger partial charge in [0.25, 0.3) is 5.91 Å². The van der Waals surface area contributed by atoms with Gasteiger partial charge in [0.05, 0.1) is 12.1 Å². The number of pyridine rings is 1. The molecular formula is C15H11FN2O. The first-order chi connectivity index (χ1) is 9.25. The molecule has 0 aliphatic rings. The zero-order valence-corrected chi connectivity index (χ0v) is 10.1. The van der Waals surface area contributed by atoms with Crippen molar-refractivity contribution in [3.63, 3.8) is 0 Å². The first-order valence-electron chi connectivity index (χ1n) is 5.68. The predicted molar refractivity (Wildman–Crippen MR) is 69.8 cm³/mol. The number of carbonyl (C=O) groups excluding carboxylic acids is 1. The Hall–Kier alpha value is -2.67. The lowest BCUT2D eigenvalue weighted by Gasteiger charge is -1.99. The third kappa shape index (κ3) is 3.93. The van der Waals surface area contributed by atoms with Gasteiger partial charge in [-0.3, -0.25) is 9.78 Å². The highest BCUT2D eigenvalue weighted by Gasteiger charge is 2.01. The van der Waals surface area contributed by atoms with Crippen molar-refractivity contribution in [2.75, 3.05) is 6.54 Å². The molecule has 0 radical (unpaired) electrons. The number of hydrogen-bond donors (Lipinski definition) is 1. The zero-order valence-electron chi connectivity index (χ0n) is 10.1. The van der Waals surface area contributed by atoms with E-state index in [9.17, 15) is 9.18 Å². The fraction of sp³-hybridized carbons (Fsp3) is 0.0667. The Morgan fingerprint density at radius 3 is 2.74 bits per heavy atom. The highest BCUT2D eigenvalue weighted by molar-refractivity contribution is 5.93. The molecule has 19 heavy (non-hydrogen) atoms. The summed E-state index contributed by atoms with van der Waals surface area (Å²) in [7, 11) is 0. The molecule has 0 spiro atoms. The van der Waals surface area contributed by atoms with Gasteiger partial charge in [-0.1, -0.05) is 11.8 Å². The van der Waals surface area contributed by atoms with Crippen molar-refractivity contribution in [1.82, 2.24) is 10.3 Å². The lowest BCUT2D eigenvalue weighted by molar-refractivity contribution is 0.0958. The third-order valence-corrected chi connectivity index (χ3v) is 2.34. The van der Waals surface area contributed by atoms with Crippen molar-refractivity contribution in [3.05, 3.63) is 65.7 Å². The van der Waals surface area contributed by atoms with Gasteiger partial charge in [-0.15, -0.1) is 0 Å². The normalized spacial score (nSPS) is 9.32. The zero-order chi connectivity index (χ0) is 13.5. The van der Waals surface area contributed by atoms with E-state index in [0.29, 0.717) is 11.1 Å². The molecule has 0 fully saturated rings. The van der Waals surface area contributed by atoms with Crippen LogP contribution < -0.4 is 5.32 Å². The van der Waals surface area contributed by atoms with Crippen molar-refractivity contribution in [1.29, 1.82) is 0 Å². The lowest BCUT2D eigenvalue weighted by atomic mass is 10.2. The van der Waals surface area contributed by atoms with E-state index in [1.54, 1.807) is 30.5 Å². The summed E-state index contributed by atoms with van der Waals surface area (Å²) in [5.41, 5.74) is 1.20. The summed E-state index contributed by atoms with van der Waals surface area (Å²) < 4.78 is 12.7. The lowest BCUT2D eigenvalue weighted by Crippen LogP contribution is -2.23. The summed E-state index contributed by atoms with van der Waals surface area (Å²) in [6.07, 6.45) is 3.09. The molecule has 0 atom stereocenters. The van der Waals surface area contributed by atoms with Crippen molar-refractivity contribution in [3.8, 4) is 11.8 Å². The maximum absolute atomic E-state index is 12.7. The van der Waals surface area contributed by atoms with E-state index in [1.165, 1.54) is 18.3 Å². The molecule has 1 heterocycles. The Balaban J connectivity index is 1.87. The Bertz CT molecular complexity index is 612. The van der Waals surface area contributed by atoms with E-state index in [1.807, 2.05) is 0 Å². The van der Waals surface area contributed by atoms with Gasteiger partial charge in [0.2, 0.25) is 0 Å². The molecule has 4 heteroatoms. The van der Waals surface area contributed by atoms with Crippen molar-refractivity contribution in [2.24, 2.45) is 0 Å². The minimum atomic E-state index is -0.296. The van der Waals surface area contributed by atoms with Gasteiger partial charge in [-0.25, -0.2) is 4.39 Å². The van der Waals surface area contributed by atoms with Crippen LogP contribution in [-0.4, -0.2) is 17.4 Å². The first kappa shape index (κ1) is 12.8. The quantitative estimate of drug-likeness (QED) is 0.833. The van der Waals surface area contributed by atoms with Crippen LogP contribution in [0.25, 0.3) is 0 Å². The van der Waals surface area contributed by atoms with Crippen LogP contribution in [0.4, 0.5) is 4.39 Å². The minimum absolute atomic E-state index is 0.221. The summed E-state index contributed by atoms with van der Waals surface area (Å²) >= 11 is 0. The summed E-state index contributed by atoms with van der Waals surface area (Å²) in [5, 5.41) is 2.65. The van der Waals surface area contributed by atoms with Gasteiger partial charge in [-0.05, 0) is 36.4 Å². The van der Waals surface area contributed by atoms with Crippen LogP contribution in [-0.2, 0) is 0 Å². The highest BCUT2D eigenvalue weighted by Crippen LogP contribution is 2.00. The topological polar surface area (TPSA) is 42.0 Å². The summed E-state index contributed by atoms with van der Waals surface area (Å²) in [6.45, 7) is 0.227. The minimum Gasteiger partial charge on any atom is -0.341 e. The van der Waals surface area contributed by atoms with Crippen LogP contribution in [0.5, 0.6) is 0 Å². The Morgan fingerprint density at radius 1 is 1.26 bits per heavy atom. The van der Waals surface area contributed by atoms with Gasteiger partial charge in [0.15, 0.2) is 0 Å². The fourth-order valence-corrected chi connectivity index (χ4v) is 1.40. The number of carbonyl (C=O) groups is 1. The molecule has 1 aromatic heterocycles. The molecule has 0 unspecified atom stereocenters. The molecule has 1 aromatic carbocycles. The smallest absolute Gasteiger partial charge is 0.253 e. The summed E-state index contributed by atoms with van der Waals surface area (Å²) in [5.74, 6) is 5.11. The molecule has 1 amide bonds. The molecule has 0 saturated heterocycles. The first-order valence-corrected chi connectivity index (χ1v) is 5.68. The van der Waals surface area contributed by atoms with Crippen molar-refractivity contribution in [2.45, 2.75) is 0 Å². The summed E-state index contributed by atoms with van der Waals surface area (Å²) in [4.78, 5) is 15.5. The molecule has 0 aliphatic carbocycles. The Labute approximate surface area is 110 Å². The van der Waals surface area contributed by atoms with Crippen molar-refractivity contribution < 1.29 is 9.18 Å². The van der Waals surface area contributed by atoms with Gasteiger partial charge >= 0.3 is 0 Å². The van der Waals surface area contributed by atoms with Crippen LogP contribution in [0.1, 0.15) is 15.9 Å². The van der Waals surface area contributed by atoms with E-state index < -0.39 is 0 Å². The molecule has 3 nitrogen and oxygen atoms in total. The average Bonchev–Trinajstić information content (AvgIpc) is 2.46. The third-order valence-electron chi connectivity index (χ3n) is 2.34. The Kier molecular flexibility index (Phi) is 4.25.